The number of phosphoric ester groups is 1. The molecule has 4 bridgehead atoms. The van der Waals surface area contributed by atoms with E-state index in [1.54, 1.807) is 4.57 Å². The summed E-state index contributed by atoms with van der Waals surface area (Å²) in [7, 11) is -2.28. The summed E-state index contributed by atoms with van der Waals surface area (Å²) in [5.74, 6) is 0.672. The molecule has 0 spiro atoms. The SMILES string of the molecule is CCn1c([C@@H]2C[C@@H]3CCCC[C@@H]3N2C(=O)[C@@H](CC(=O)OC)C(C)C)nc2ccc(-c3cc4ccc3CCc3ccc(c(-c5ccc6nc([C@@H]7C[C@@H]8CCCC[C@@H]8N7C(=O)[C@@H](NC(=O)OC)C(C)C)n(COP(=O)(O)O)c6c5)c3)CC4)cc21. The maximum atomic E-state index is 14.8. The van der Waals surface area contributed by atoms with E-state index in [1.807, 2.05) is 44.7 Å². The average molecular weight is 1140 g/mol. The molecule has 0 unspecified atom stereocenters. The van der Waals surface area contributed by atoms with Crippen molar-refractivity contribution >= 4 is 53.8 Å². The number of benzene rings is 4. The first-order chi connectivity index (χ1) is 39.4. The number of nitrogens with one attached hydrogen (secondary N) is 1. The van der Waals surface area contributed by atoms with Gasteiger partial charge < -0.3 is 43.5 Å². The summed E-state index contributed by atoms with van der Waals surface area (Å²) in [5, 5.41) is 2.78. The van der Waals surface area contributed by atoms with E-state index >= 15 is 0 Å². The van der Waals surface area contributed by atoms with Gasteiger partial charge in [0, 0.05) is 18.6 Å². The van der Waals surface area contributed by atoms with Crippen molar-refractivity contribution in [2.75, 3.05) is 14.2 Å². The van der Waals surface area contributed by atoms with Crippen molar-refractivity contribution in [3.05, 3.63) is 107 Å². The number of rotatable bonds is 15. The van der Waals surface area contributed by atoms with Gasteiger partial charge in [0.2, 0.25) is 11.8 Å². The van der Waals surface area contributed by atoms with Gasteiger partial charge in [-0.1, -0.05) is 102 Å². The Hall–Kier alpha value is -6.39. The van der Waals surface area contributed by atoms with Crippen LogP contribution in [0.25, 0.3) is 44.3 Å². The molecule has 82 heavy (non-hydrogen) atoms. The highest BCUT2D eigenvalue weighted by molar-refractivity contribution is 7.46. The fourth-order valence-electron chi connectivity index (χ4n) is 14.8. The number of aromatic nitrogens is 4. The lowest BCUT2D eigenvalue weighted by molar-refractivity contribution is -0.150. The van der Waals surface area contributed by atoms with E-state index in [-0.39, 0.29) is 60.1 Å². The number of amides is 3. The monoisotopic (exact) mass is 1140 g/mol. The first-order valence-electron chi connectivity index (χ1n) is 29.9. The van der Waals surface area contributed by atoms with Crippen LogP contribution in [0, 0.1) is 29.6 Å². The molecule has 6 aliphatic carbocycles. The zero-order valence-corrected chi connectivity index (χ0v) is 49.4. The fraction of sp³-hybridized carbons (Fsp3) is 0.531. The molecule has 8 aliphatic rings. The van der Waals surface area contributed by atoms with Gasteiger partial charge in [-0.25, -0.2) is 19.3 Å². The summed E-state index contributed by atoms with van der Waals surface area (Å²) in [6, 6.07) is 24.7. The van der Waals surface area contributed by atoms with Crippen LogP contribution in [-0.4, -0.2) is 94.9 Å². The molecule has 4 aromatic carbocycles. The summed E-state index contributed by atoms with van der Waals surface area (Å²) in [6.07, 6.45) is 12.0. The summed E-state index contributed by atoms with van der Waals surface area (Å²) in [6.45, 7) is 10.2. The maximum Gasteiger partial charge on any atom is 0.471 e. The van der Waals surface area contributed by atoms with Crippen LogP contribution in [0.5, 0.6) is 0 Å². The number of carbonyl (C=O) groups is 4. The van der Waals surface area contributed by atoms with Gasteiger partial charge in [0.05, 0.1) is 60.7 Å². The highest BCUT2D eigenvalue weighted by atomic mass is 31.2. The average Bonchev–Trinajstić information content (AvgIpc) is 3.78. The van der Waals surface area contributed by atoms with E-state index in [2.05, 4.69) is 82.4 Å². The number of alkyl carbamates (subject to hydrolysis) is 1. The summed E-state index contributed by atoms with van der Waals surface area (Å²) < 4.78 is 31.8. The number of hydrogen-bond donors (Lipinski definition) is 3. The standard InChI is InChI=1S/C64H80N7O10P/c1-8-68-54-31-43(25-27-50(54)65-60(68)56-33-45-13-9-11-15-52(45)70(56)62(73)47(37(2)3)35-58(72)79-6)48-29-39-17-21-41(48)22-18-40-20-24-42(23-19-39)49(30-40)44-26-28-51-55(32-44)69(36-81-82(76,77)78)61(66-51)57-34-46-14-10-12-16-53(46)71(57)63(74)59(38(4)5)67-64(75)80-7/h17,20-21,24-32,37-38,45-47,52-53,56-57,59H,8-16,18-19,22-23,33-36H2,1-7H3,(H,67,75)(H2,76,77,78)/t45-,46-,47-,52-,53-,56-,57-,59-/m0/s1. The molecule has 2 aromatic heterocycles. The van der Waals surface area contributed by atoms with Crippen molar-refractivity contribution < 1.29 is 47.5 Å². The summed E-state index contributed by atoms with van der Waals surface area (Å²) in [4.78, 5) is 89.5. The molecule has 0 radical (unpaired) electrons. The third-order valence-corrected chi connectivity index (χ3v) is 19.4. The Labute approximate surface area is 480 Å². The molecule has 4 fully saturated rings. The van der Waals surface area contributed by atoms with E-state index < -0.39 is 38.6 Å². The van der Waals surface area contributed by atoms with E-state index in [4.69, 9.17) is 24.0 Å². The molecular formula is C64H80N7O10P. The van der Waals surface area contributed by atoms with E-state index in [0.29, 0.717) is 35.7 Å². The Morgan fingerprint density at radius 2 is 1.16 bits per heavy atom. The zero-order valence-electron chi connectivity index (χ0n) is 48.5. The normalized spacial score (nSPS) is 22.5. The Morgan fingerprint density at radius 3 is 1.65 bits per heavy atom. The molecule has 2 saturated carbocycles. The van der Waals surface area contributed by atoms with Crippen LogP contribution in [0.4, 0.5) is 4.79 Å². The number of hydrogen-bond acceptors (Lipinski definition) is 10. The molecule has 17 nitrogen and oxygen atoms in total. The predicted molar refractivity (Wildman–Crippen MR) is 313 cm³/mol. The highest BCUT2D eigenvalue weighted by Gasteiger charge is 2.51. The zero-order chi connectivity index (χ0) is 57.7. The van der Waals surface area contributed by atoms with Gasteiger partial charge in [-0.15, -0.1) is 0 Å². The van der Waals surface area contributed by atoms with Crippen molar-refractivity contribution in [2.24, 2.45) is 29.6 Å². The van der Waals surface area contributed by atoms with Crippen LogP contribution < -0.4 is 5.32 Å². The second-order valence-electron chi connectivity index (χ2n) is 24.5. The minimum Gasteiger partial charge on any atom is -0.469 e. The molecule has 6 aromatic rings. The molecule has 436 valence electrons. The van der Waals surface area contributed by atoms with Crippen LogP contribution in [0.2, 0.25) is 0 Å². The largest absolute Gasteiger partial charge is 0.471 e. The number of methoxy groups -OCH3 is 2. The Kier molecular flexibility index (Phi) is 16.6. The third-order valence-electron chi connectivity index (χ3n) is 19.0. The second-order valence-corrected chi connectivity index (χ2v) is 25.7. The van der Waals surface area contributed by atoms with Crippen molar-refractivity contribution in [1.82, 2.24) is 34.2 Å². The van der Waals surface area contributed by atoms with Crippen LogP contribution in [-0.2, 0) is 71.9 Å². The number of esters is 1. The number of imidazole rings is 2. The van der Waals surface area contributed by atoms with Crippen LogP contribution in [0.3, 0.4) is 0 Å². The maximum absolute atomic E-state index is 14.8. The first-order valence-corrected chi connectivity index (χ1v) is 31.5. The van der Waals surface area contributed by atoms with Gasteiger partial charge >= 0.3 is 19.9 Å². The van der Waals surface area contributed by atoms with Gasteiger partial charge in [0.25, 0.3) is 0 Å². The molecule has 8 atom stereocenters. The molecule has 3 amide bonds. The predicted octanol–water partition coefficient (Wildman–Crippen LogP) is 11.6. The number of phosphoric acid groups is 1. The number of carbonyl (C=O) groups excluding carboxylic acids is 4. The molecule has 4 heterocycles. The van der Waals surface area contributed by atoms with Gasteiger partial charge in [-0.3, -0.25) is 18.9 Å². The Balaban J connectivity index is 0.908. The number of likely N-dealkylation sites (tertiary alicyclic amines) is 2. The summed E-state index contributed by atoms with van der Waals surface area (Å²) >= 11 is 0. The van der Waals surface area contributed by atoms with Crippen molar-refractivity contribution in [2.45, 2.75) is 174 Å². The van der Waals surface area contributed by atoms with Crippen molar-refractivity contribution in [3.63, 3.8) is 0 Å². The van der Waals surface area contributed by atoms with E-state index in [9.17, 15) is 33.5 Å². The molecule has 3 N–H and O–H groups in total. The van der Waals surface area contributed by atoms with Gasteiger partial charge in [0.15, 0.2) is 0 Å². The van der Waals surface area contributed by atoms with Crippen molar-refractivity contribution in [3.8, 4) is 22.3 Å². The highest BCUT2D eigenvalue weighted by Crippen LogP contribution is 2.50. The van der Waals surface area contributed by atoms with E-state index in [1.165, 1.54) is 36.5 Å². The molecule has 2 saturated heterocycles. The number of aryl methyl sites for hydroxylation is 5. The summed E-state index contributed by atoms with van der Waals surface area (Å²) in [5.41, 5.74) is 12.3. The lowest BCUT2D eigenvalue weighted by Gasteiger charge is -2.37. The van der Waals surface area contributed by atoms with Crippen LogP contribution >= 0.6 is 7.82 Å². The third kappa shape index (κ3) is 11.3. The van der Waals surface area contributed by atoms with Gasteiger partial charge in [-0.2, -0.15) is 0 Å². The van der Waals surface area contributed by atoms with Gasteiger partial charge in [-0.05, 0) is 164 Å². The lowest BCUT2D eigenvalue weighted by atomic mass is 9.84. The number of nitrogens with zero attached hydrogens (tertiary/aromatic N) is 6. The minimum atomic E-state index is -4.95. The molecule has 18 heteroatoms. The fourth-order valence-corrected chi connectivity index (χ4v) is 15.0. The van der Waals surface area contributed by atoms with E-state index in [0.717, 1.165) is 123 Å². The number of fused-ring (bicyclic) bond motifs is 4. The second kappa shape index (κ2) is 23.7. The Morgan fingerprint density at radius 1 is 0.646 bits per heavy atom. The number of ether oxygens (including phenoxy) is 2. The minimum absolute atomic E-state index is 0.0275. The first kappa shape index (κ1) is 57.4. The topological polar surface area (TPSA) is 208 Å². The lowest BCUT2D eigenvalue weighted by Crippen LogP contribution is -2.54. The molecular weight excluding hydrogens is 1060 g/mol. The van der Waals surface area contributed by atoms with Crippen LogP contribution in [0.1, 0.15) is 151 Å². The smallest absolute Gasteiger partial charge is 0.469 e. The molecule has 14 rings (SSSR count). The quantitative estimate of drug-likeness (QED) is 0.0648. The van der Waals surface area contributed by atoms with Gasteiger partial charge in [0.1, 0.15) is 24.4 Å². The Bertz CT molecular complexity index is 3460. The molecule has 2 aliphatic heterocycles. The van der Waals surface area contributed by atoms with Crippen molar-refractivity contribution in [1.29, 1.82) is 0 Å². The van der Waals surface area contributed by atoms with Crippen LogP contribution in [0.15, 0.2) is 72.8 Å².